The number of amides is 2. The second-order valence-corrected chi connectivity index (χ2v) is 6.53. The Morgan fingerprint density at radius 2 is 1.93 bits per heavy atom. The van der Waals surface area contributed by atoms with E-state index in [1.807, 2.05) is 6.07 Å². The van der Waals surface area contributed by atoms with Crippen LogP contribution in [-0.2, 0) is 14.3 Å². The largest absolute Gasteiger partial charge is 0.482 e. The van der Waals surface area contributed by atoms with Gasteiger partial charge in [-0.25, -0.2) is 4.79 Å². The number of carbonyl (C=O) groups excluding carboxylic acids is 3. The van der Waals surface area contributed by atoms with Gasteiger partial charge in [-0.3, -0.25) is 9.59 Å². The Bertz CT molecular complexity index is 893. The molecule has 1 saturated carbocycles. The summed E-state index contributed by atoms with van der Waals surface area (Å²) in [6.45, 7) is -0.0613. The van der Waals surface area contributed by atoms with Crippen molar-refractivity contribution in [2.24, 2.45) is 0 Å². The molecule has 0 spiro atoms. The first kappa shape index (κ1) is 17.1. The molecule has 2 N–H and O–H groups in total. The molecule has 0 bridgehead atoms. The van der Waals surface area contributed by atoms with Crippen molar-refractivity contribution >= 4 is 23.5 Å². The van der Waals surface area contributed by atoms with E-state index in [2.05, 4.69) is 10.6 Å². The summed E-state index contributed by atoms with van der Waals surface area (Å²) in [5.41, 5.74) is 1.22. The average molecular weight is 366 g/mol. The first-order valence-electron chi connectivity index (χ1n) is 8.73. The lowest BCUT2D eigenvalue weighted by Gasteiger charge is -2.20. The Morgan fingerprint density at radius 1 is 1.15 bits per heavy atom. The smallest absolute Gasteiger partial charge is 0.339 e. The summed E-state index contributed by atoms with van der Waals surface area (Å²) < 4.78 is 10.8. The minimum atomic E-state index is -1.04. The lowest BCUT2D eigenvalue weighted by atomic mass is 10.1. The van der Waals surface area contributed by atoms with Gasteiger partial charge in [0.15, 0.2) is 6.61 Å². The fraction of sp³-hybridized carbons (Fsp3) is 0.250. The molecule has 0 unspecified atom stereocenters. The minimum absolute atomic E-state index is 0.0613. The molecular weight excluding hydrogens is 348 g/mol. The molecule has 1 atom stereocenters. The van der Waals surface area contributed by atoms with Crippen molar-refractivity contribution in [1.82, 2.24) is 5.32 Å². The van der Waals surface area contributed by atoms with Crippen LogP contribution < -0.4 is 15.4 Å². The third-order valence-corrected chi connectivity index (χ3v) is 4.34. The second kappa shape index (κ2) is 7.11. The number of carbonyl (C=O) groups is 3. The van der Waals surface area contributed by atoms with Crippen LogP contribution in [0, 0.1) is 0 Å². The molecule has 2 aromatic carbocycles. The molecule has 7 heteroatoms. The number of rotatable bonds is 5. The normalized spacial score (nSPS) is 16.4. The first-order chi connectivity index (χ1) is 13.1. The van der Waals surface area contributed by atoms with E-state index in [1.165, 1.54) is 6.07 Å². The van der Waals surface area contributed by atoms with Gasteiger partial charge in [-0.1, -0.05) is 30.3 Å². The standard InChI is InChI=1S/C20H18N2O5/c23-17-11-26-16-9-6-13(10-15(16)22-17)20(25)27-18(12-4-2-1-3-5-12)19(24)21-14-7-8-14/h1-6,9-10,14,18H,7-8,11H2,(H,21,24)(H,22,23)/t18-/m0/s1. The molecule has 1 fully saturated rings. The highest BCUT2D eigenvalue weighted by atomic mass is 16.5. The summed E-state index contributed by atoms with van der Waals surface area (Å²) in [5, 5.41) is 5.52. The zero-order valence-electron chi connectivity index (χ0n) is 14.4. The average Bonchev–Trinajstić information content (AvgIpc) is 3.49. The third-order valence-electron chi connectivity index (χ3n) is 4.34. The fourth-order valence-corrected chi connectivity index (χ4v) is 2.79. The molecule has 0 aromatic heterocycles. The molecule has 0 radical (unpaired) electrons. The van der Waals surface area contributed by atoms with Crippen LogP contribution >= 0.6 is 0 Å². The van der Waals surface area contributed by atoms with Gasteiger partial charge in [0, 0.05) is 11.6 Å². The van der Waals surface area contributed by atoms with Crippen molar-refractivity contribution in [3.05, 3.63) is 59.7 Å². The predicted octanol–water partition coefficient (Wildman–Crippen LogP) is 2.19. The maximum absolute atomic E-state index is 12.6. The number of ether oxygens (including phenoxy) is 2. The molecule has 1 aliphatic carbocycles. The Labute approximate surface area is 155 Å². The minimum Gasteiger partial charge on any atom is -0.482 e. The summed E-state index contributed by atoms with van der Waals surface area (Å²) >= 11 is 0. The van der Waals surface area contributed by atoms with Crippen LogP contribution in [0.2, 0.25) is 0 Å². The van der Waals surface area contributed by atoms with E-state index in [-0.39, 0.29) is 30.0 Å². The molecule has 1 heterocycles. The Hall–Kier alpha value is -3.35. The van der Waals surface area contributed by atoms with E-state index in [1.54, 1.807) is 36.4 Å². The van der Waals surface area contributed by atoms with E-state index in [9.17, 15) is 14.4 Å². The van der Waals surface area contributed by atoms with Crippen molar-refractivity contribution in [3.63, 3.8) is 0 Å². The van der Waals surface area contributed by atoms with Crippen LogP contribution in [0.25, 0.3) is 0 Å². The fourth-order valence-electron chi connectivity index (χ4n) is 2.79. The SMILES string of the molecule is O=C1COc2ccc(C(=O)O[C@H](C(=O)NC3CC3)c3ccccc3)cc2N1. The third kappa shape index (κ3) is 3.92. The highest BCUT2D eigenvalue weighted by Gasteiger charge is 2.31. The van der Waals surface area contributed by atoms with Crippen molar-refractivity contribution in [2.75, 3.05) is 11.9 Å². The maximum atomic E-state index is 12.6. The number of nitrogens with one attached hydrogen (secondary N) is 2. The van der Waals surface area contributed by atoms with E-state index >= 15 is 0 Å². The molecule has 27 heavy (non-hydrogen) atoms. The summed E-state index contributed by atoms with van der Waals surface area (Å²) in [6.07, 6.45) is 0.832. The van der Waals surface area contributed by atoms with Gasteiger partial charge in [-0.15, -0.1) is 0 Å². The van der Waals surface area contributed by atoms with Gasteiger partial charge < -0.3 is 20.1 Å². The van der Waals surface area contributed by atoms with Crippen LogP contribution in [0.1, 0.15) is 34.9 Å². The van der Waals surface area contributed by atoms with Gasteiger partial charge >= 0.3 is 5.97 Å². The van der Waals surface area contributed by atoms with Crippen molar-refractivity contribution < 1.29 is 23.9 Å². The number of hydrogen-bond acceptors (Lipinski definition) is 5. The number of anilines is 1. The maximum Gasteiger partial charge on any atom is 0.339 e. The zero-order chi connectivity index (χ0) is 18.8. The van der Waals surface area contributed by atoms with Gasteiger partial charge in [0.1, 0.15) is 5.75 Å². The lowest BCUT2D eigenvalue weighted by Crippen LogP contribution is -2.33. The number of fused-ring (bicyclic) bond motifs is 1. The van der Waals surface area contributed by atoms with Crippen LogP contribution in [0.4, 0.5) is 5.69 Å². The molecule has 138 valence electrons. The summed E-state index contributed by atoms with van der Waals surface area (Å²) in [7, 11) is 0. The van der Waals surface area contributed by atoms with Crippen LogP contribution in [-0.4, -0.2) is 30.4 Å². The van der Waals surface area contributed by atoms with Gasteiger partial charge in [-0.2, -0.15) is 0 Å². The molecule has 2 amide bonds. The van der Waals surface area contributed by atoms with Crippen molar-refractivity contribution in [2.45, 2.75) is 25.0 Å². The van der Waals surface area contributed by atoms with Gasteiger partial charge in [-0.05, 0) is 31.0 Å². The molecule has 7 nitrogen and oxygen atoms in total. The molecule has 2 aliphatic rings. The monoisotopic (exact) mass is 366 g/mol. The summed E-state index contributed by atoms with van der Waals surface area (Å²) in [6, 6.07) is 13.6. The predicted molar refractivity (Wildman–Crippen MR) is 96.3 cm³/mol. The van der Waals surface area contributed by atoms with Crippen molar-refractivity contribution in [3.8, 4) is 5.75 Å². The highest BCUT2D eigenvalue weighted by Crippen LogP contribution is 2.30. The van der Waals surface area contributed by atoms with Gasteiger partial charge in [0.25, 0.3) is 11.8 Å². The Morgan fingerprint density at radius 3 is 2.67 bits per heavy atom. The van der Waals surface area contributed by atoms with Crippen molar-refractivity contribution in [1.29, 1.82) is 0 Å². The Kier molecular flexibility index (Phi) is 4.50. The summed E-state index contributed by atoms with van der Waals surface area (Å²) in [5.74, 6) is -0.805. The highest BCUT2D eigenvalue weighted by molar-refractivity contribution is 5.99. The number of benzene rings is 2. The molecule has 4 rings (SSSR count). The topological polar surface area (TPSA) is 93.7 Å². The van der Waals surface area contributed by atoms with E-state index in [0.717, 1.165) is 12.8 Å². The van der Waals surface area contributed by atoms with Gasteiger partial charge in [0.05, 0.1) is 11.3 Å². The molecule has 2 aromatic rings. The quantitative estimate of drug-likeness (QED) is 0.791. The molecular formula is C20H18N2O5. The molecule has 0 saturated heterocycles. The van der Waals surface area contributed by atoms with E-state index in [0.29, 0.717) is 17.0 Å². The number of hydrogen-bond donors (Lipinski definition) is 2. The van der Waals surface area contributed by atoms with Gasteiger partial charge in [0.2, 0.25) is 6.10 Å². The zero-order valence-corrected chi connectivity index (χ0v) is 14.4. The first-order valence-corrected chi connectivity index (χ1v) is 8.73. The lowest BCUT2D eigenvalue weighted by molar-refractivity contribution is -0.130. The molecule has 1 aliphatic heterocycles. The van der Waals surface area contributed by atoms with Crippen LogP contribution in [0.3, 0.4) is 0 Å². The second-order valence-electron chi connectivity index (χ2n) is 6.53. The van der Waals surface area contributed by atoms with Crippen LogP contribution in [0.15, 0.2) is 48.5 Å². The van der Waals surface area contributed by atoms with Crippen LogP contribution in [0.5, 0.6) is 5.75 Å². The Balaban J connectivity index is 1.55. The number of esters is 1. The van der Waals surface area contributed by atoms with E-state index < -0.39 is 12.1 Å². The van der Waals surface area contributed by atoms with E-state index in [4.69, 9.17) is 9.47 Å². The summed E-state index contributed by atoms with van der Waals surface area (Å²) in [4.78, 5) is 36.7.